The topological polar surface area (TPSA) is 69.6 Å². The highest BCUT2D eigenvalue weighted by Gasteiger charge is 2.46. The molecule has 1 aromatic heterocycles. The van der Waals surface area contributed by atoms with Gasteiger partial charge >= 0.3 is 0 Å². The van der Waals surface area contributed by atoms with Crippen molar-refractivity contribution in [1.82, 2.24) is 24.9 Å². The van der Waals surface area contributed by atoms with Crippen molar-refractivity contribution in [2.24, 2.45) is 0 Å². The molecule has 0 N–H and O–H groups in total. The van der Waals surface area contributed by atoms with Crippen LogP contribution in [-0.2, 0) is 10.2 Å². The molecule has 0 radical (unpaired) electrons. The maximum Gasteiger partial charge on any atom is 0.255 e. The smallest absolute Gasteiger partial charge is 0.255 e. The molecule has 168 valence electrons. The van der Waals surface area contributed by atoms with Crippen molar-refractivity contribution in [2.45, 2.75) is 37.0 Å². The predicted octanol–water partition coefficient (Wildman–Crippen LogP) is 2.30. The number of likely N-dealkylation sites (tertiary alicyclic amines) is 1. The average molecular weight is 434 g/mol. The molecule has 2 saturated heterocycles. The molecule has 32 heavy (non-hydrogen) atoms. The first-order chi connectivity index (χ1) is 15.6. The van der Waals surface area contributed by atoms with E-state index in [-0.39, 0.29) is 23.1 Å². The Bertz CT molecular complexity index is 979. The maximum absolute atomic E-state index is 13.1. The fourth-order valence-electron chi connectivity index (χ4n) is 5.82. The number of fused-ring (bicyclic) bond motifs is 2. The highest BCUT2D eigenvalue weighted by molar-refractivity contribution is 5.93. The number of hydrogen-bond donors (Lipinski definition) is 0. The van der Waals surface area contributed by atoms with Gasteiger partial charge in [0.25, 0.3) is 5.91 Å². The standard InChI is InChI=1S/C25H31N5O2/c1-28-12-14-29(15-13-28)23(31)16-20-17-25(22-5-3-2-4-21(20)22)7-10-30(11-8-25)24(32)19-6-9-26-27-18-19/h2-6,9,18,20H,7-8,10-17H2,1H3. The fraction of sp³-hybridized carbons (Fsp3) is 0.520. The van der Waals surface area contributed by atoms with Crippen LogP contribution in [0, 0.1) is 0 Å². The van der Waals surface area contributed by atoms with Gasteiger partial charge in [-0.25, -0.2) is 0 Å². The summed E-state index contributed by atoms with van der Waals surface area (Å²) in [5.74, 6) is 0.584. The van der Waals surface area contributed by atoms with Crippen LogP contribution in [0.25, 0.3) is 0 Å². The van der Waals surface area contributed by atoms with Crippen molar-refractivity contribution in [3.8, 4) is 0 Å². The van der Waals surface area contributed by atoms with Crippen molar-refractivity contribution >= 4 is 11.8 Å². The molecule has 0 saturated carbocycles. The van der Waals surface area contributed by atoms with Gasteiger partial charge < -0.3 is 14.7 Å². The highest BCUT2D eigenvalue weighted by atomic mass is 16.2. The first-order valence-electron chi connectivity index (χ1n) is 11.7. The SMILES string of the molecule is CN1CCN(C(=O)CC2CC3(CCN(C(=O)c4ccnnc4)CC3)c3ccccc32)CC1. The number of amides is 2. The number of aromatic nitrogens is 2. The molecule has 1 atom stereocenters. The van der Waals surface area contributed by atoms with Gasteiger partial charge in [0.2, 0.25) is 5.91 Å². The van der Waals surface area contributed by atoms with E-state index in [2.05, 4.69) is 46.4 Å². The van der Waals surface area contributed by atoms with Crippen LogP contribution >= 0.6 is 0 Å². The molecule has 7 heteroatoms. The zero-order chi connectivity index (χ0) is 22.1. The number of carbonyl (C=O) groups is 2. The molecule has 0 bridgehead atoms. The first kappa shape index (κ1) is 21.1. The van der Waals surface area contributed by atoms with E-state index in [0.29, 0.717) is 12.0 Å². The van der Waals surface area contributed by atoms with Crippen molar-refractivity contribution in [1.29, 1.82) is 0 Å². The Balaban J connectivity index is 1.29. The lowest BCUT2D eigenvalue weighted by Crippen LogP contribution is -2.47. The molecule has 1 aliphatic carbocycles. The Kier molecular flexibility index (Phi) is 5.67. The predicted molar refractivity (Wildman–Crippen MR) is 121 cm³/mol. The largest absolute Gasteiger partial charge is 0.340 e. The van der Waals surface area contributed by atoms with Gasteiger partial charge in [-0.3, -0.25) is 9.59 Å². The van der Waals surface area contributed by atoms with E-state index in [1.165, 1.54) is 17.3 Å². The lowest BCUT2D eigenvalue weighted by molar-refractivity contribution is -0.133. The summed E-state index contributed by atoms with van der Waals surface area (Å²) in [6.45, 7) is 5.02. The summed E-state index contributed by atoms with van der Waals surface area (Å²) in [7, 11) is 2.11. The first-order valence-corrected chi connectivity index (χ1v) is 11.7. The molecule has 2 fully saturated rings. The van der Waals surface area contributed by atoms with Gasteiger partial charge in [-0.05, 0) is 54.8 Å². The number of benzene rings is 1. The molecule has 2 aromatic rings. The van der Waals surface area contributed by atoms with Crippen LogP contribution in [0.3, 0.4) is 0 Å². The van der Waals surface area contributed by atoms with Crippen LogP contribution in [-0.4, -0.2) is 83.0 Å². The minimum Gasteiger partial charge on any atom is -0.340 e. The van der Waals surface area contributed by atoms with Crippen LogP contribution < -0.4 is 0 Å². The van der Waals surface area contributed by atoms with Gasteiger partial charge in [-0.15, -0.1) is 0 Å². The number of hydrogen-bond acceptors (Lipinski definition) is 5. The minimum absolute atomic E-state index is 0.0304. The number of nitrogens with zero attached hydrogens (tertiary/aromatic N) is 5. The number of likely N-dealkylation sites (N-methyl/N-ethyl adjacent to an activating group) is 1. The Hall–Kier alpha value is -2.80. The maximum atomic E-state index is 13.1. The van der Waals surface area contributed by atoms with E-state index in [1.807, 2.05) is 9.80 Å². The van der Waals surface area contributed by atoms with Crippen molar-refractivity contribution < 1.29 is 9.59 Å². The summed E-state index contributed by atoms with van der Waals surface area (Å²) in [5.41, 5.74) is 3.40. The normalized spacial score (nSPS) is 22.7. The zero-order valence-electron chi connectivity index (χ0n) is 18.7. The highest BCUT2D eigenvalue weighted by Crippen LogP contribution is 2.52. The van der Waals surface area contributed by atoms with E-state index >= 15 is 0 Å². The molecule has 2 amide bonds. The lowest BCUT2D eigenvalue weighted by atomic mass is 9.73. The Morgan fingerprint density at radius 1 is 0.969 bits per heavy atom. The van der Waals surface area contributed by atoms with E-state index in [4.69, 9.17) is 0 Å². The molecule has 5 rings (SSSR count). The van der Waals surface area contributed by atoms with Gasteiger partial charge in [0.15, 0.2) is 0 Å². The minimum atomic E-state index is 0.0304. The summed E-state index contributed by atoms with van der Waals surface area (Å²) in [6.07, 6.45) is 6.57. The van der Waals surface area contributed by atoms with E-state index in [1.54, 1.807) is 12.3 Å². The molecular formula is C25H31N5O2. The van der Waals surface area contributed by atoms with Gasteiger partial charge in [-0.1, -0.05) is 24.3 Å². The van der Waals surface area contributed by atoms with Crippen molar-refractivity contribution in [2.75, 3.05) is 46.3 Å². The molecule has 3 aliphatic rings. The Labute approximate surface area is 189 Å². The molecule has 3 heterocycles. The van der Waals surface area contributed by atoms with Crippen molar-refractivity contribution in [3.05, 3.63) is 59.4 Å². The van der Waals surface area contributed by atoms with Gasteiger partial charge in [-0.2, -0.15) is 10.2 Å². The zero-order valence-corrected chi connectivity index (χ0v) is 18.7. The number of rotatable bonds is 3. The van der Waals surface area contributed by atoms with Gasteiger partial charge in [0, 0.05) is 45.7 Å². The summed E-state index contributed by atoms with van der Waals surface area (Å²) >= 11 is 0. The second-order valence-corrected chi connectivity index (χ2v) is 9.58. The molecule has 7 nitrogen and oxygen atoms in total. The summed E-state index contributed by atoms with van der Waals surface area (Å²) in [6, 6.07) is 10.4. The summed E-state index contributed by atoms with van der Waals surface area (Å²) < 4.78 is 0. The number of piperidine rings is 1. The average Bonchev–Trinajstić information content (AvgIpc) is 3.13. The monoisotopic (exact) mass is 433 g/mol. The quantitative estimate of drug-likeness (QED) is 0.743. The van der Waals surface area contributed by atoms with Crippen LogP contribution in [0.4, 0.5) is 0 Å². The van der Waals surface area contributed by atoms with E-state index in [0.717, 1.165) is 58.5 Å². The third-order valence-corrected chi connectivity index (χ3v) is 7.73. The third-order valence-electron chi connectivity index (χ3n) is 7.73. The summed E-state index contributed by atoms with van der Waals surface area (Å²) in [4.78, 5) is 32.2. The second-order valence-electron chi connectivity index (χ2n) is 9.58. The summed E-state index contributed by atoms with van der Waals surface area (Å²) in [5, 5.41) is 7.62. The molecule has 2 aliphatic heterocycles. The molecular weight excluding hydrogens is 402 g/mol. The number of piperazine rings is 1. The molecule has 1 aromatic carbocycles. The van der Waals surface area contributed by atoms with Gasteiger partial charge in [0.1, 0.15) is 0 Å². The van der Waals surface area contributed by atoms with Crippen LogP contribution in [0.2, 0.25) is 0 Å². The Morgan fingerprint density at radius 2 is 1.72 bits per heavy atom. The van der Waals surface area contributed by atoms with Crippen molar-refractivity contribution in [3.63, 3.8) is 0 Å². The van der Waals surface area contributed by atoms with Gasteiger partial charge in [0.05, 0.1) is 18.0 Å². The second kappa shape index (κ2) is 8.62. The molecule has 1 unspecified atom stereocenters. The fourth-order valence-corrected chi connectivity index (χ4v) is 5.82. The number of carbonyl (C=O) groups excluding carboxylic acids is 2. The van der Waals surface area contributed by atoms with Crippen LogP contribution in [0.5, 0.6) is 0 Å². The van der Waals surface area contributed by atoms with E-state index in [9.17, 15) is 9.59 Å². The third kappa shape index (κ3) is 3.90. The molecule has 1 spiro atoms. The lowest BCUT2D eigenvalue weighted by Gasteiger charge is -2.40. The van der Waals surface area contributed by atoms with Crippen LogP contribution in [0.15, 0.2) is 42.7 Å². The van der Waals surface area contributed by atoms with Crippen LogP contribution in [0.1, 0.15) is 53.1 Å². The van der Waals surface area contributed by atoms with E-state index < -0.39 is 0 Å². The Morgan fingerprint density at radius 3 is 2.44 bits per heavy atom.